The van der Waals surface area contributed by atoms with Crippen LogP contribution in [-0.2, 0) is 4.74 Å². The first-order valence-electron chi connectivity index (χ1n) is 11.4. The van der Waals surface area contributed by atoms with Crippen LogP contribution in [0.25, 0.3) is 11.3 Å². The highest BCUT2D eigenvalue weighted by atomic mass is 32.1. The van der Waals surface area contributed by atoms with Gasteiger partial charge < -0.3 is 19.4 Å². The zero-order chi connectivity index (χ0) is 22.8. The Labute approximate surface area is 199 Å². The molecule has 1 aliphatic carbocycles. The molecule has 170 valence electrons. The molecule has 3 aromatic rings. The summed E-state index contributed by atoms with van der Waals surface area (Å²) in [5.74, 6) is 1.17. The number of hydrogen-bond donors (Lipinski definition) is 1. The first-order valence-corrected chi connectivity index (χ1v) is 11.8. The number of methoxy groups -OCH3 is 1. The van der Waals surface area contributed by atoms with Gasteiger partial charge in [0.15, 0.2) is 5.11 Å². The second kappa shape index (κ2) is 9.35. The minimum Gasteiger partial charge on any atom is -0.465 e. The Morgan fingerprint density at radius 3 is 2.73 bits per heavy atom. The van der Waals surface area contributed by atoms with Crippen molar-refractivity contribution in [1.29, 1.82) is 0 Å². The highest BCUT2D eigenvalue weighted by Crippen LogP contribution is 2.43. The van der Waals surface area contributed by atoms with Crippen molar-refractivity contribution >= 4 is 23.3 Å². The van der Waals surface area contributed by atoms with E-state index in [9.17, 15) is 4.79 Å². The fraction of sp³-hybridized carbons (Fsp3) is 0.346. The van der Waals surface area contributed by atoms with Crippen molar-refractivity contribution in [2.45, 2.75) is 50.2 Å². The Hall–Kier alpha value is -3.19. The lowest BCUT2D eigenvalue weighted by Gasteiger charge is -2.36. The van der Waals surface area contributed by atoms with E-state index in [0.29, 0.717) is 17.4 Å². The summed E-state index contributed by atoms with van der Waals surface area (Å²) < 4.78 is 11.3. The van der Waals surface area contributed by atoms with Crippen LogP contribution in [0.3, 0.4) is 0 Å². The Kier molecular flexibility index (Phi) is 6.13. The number of ether oxygens (including phenoxy) is 1. The Morgan fingerprint density at radius 2 is 1.97 bits per heavy atom. The van der Waals surface area contributed by atoms with Crippen LogP contribution in [0, 0.1) is 0 Å². The van der Waals surface area contributed by atoms with Crippen molar-refractivity contribution in [3.05, 3.63) is 77.8 Å². The van der Waals surface area contributed by atoms with Crippen molar-refractivity contribution in [2.24, 2.45) is 0 Å². The number of thiocarbonyl (C=S) groups is 1. The van der Waals surface area contributed by atoms with Crippen molar-refractivity contribution in [2.75, 3.05) is 7.11 Å². The number of furan rings is 1. The van der Waals surface area contributed by atoms with Crippen molar-refractivity contribution in [3.8, 4) is 11.3 Å². The molecule has 0 bridgehead atoms. The lowest BCUT2D eigenvalue weighted by atomic mass is 9.92. The van der Waals surface area contributed by atoms with E-state index in [-0.39, 0.29) is 18.1 Å². The number of carbonyl (C=O) groups is 1. The van der Waals surface area contributed by atoms with Crippen LogP contribution >= 0.6 is 12.2 Å². The van der Waals surface area contributed by atoms with E-state index in [1.54, 1.807) is 12.1 Å². The average molecular weight is 462 g/mol. The maximum Gasteiger partial charge on any atom is 0.337 e. The minimum atomic E-state index is -0.368. The van der Waals surface area contributed by atoms with Crippen LogP contribution < -0.4 is 5.32 Å². The van der Waals surface area contributed by atoms with Crippen molar-refractivity contribution in [3.63, 3.8) is 0 Å². The number of rotatable bonds is 5. The Balaban J connectivity index is 1.52. The van der Waals surface area contributed by atoms with Crippen molar-refractivity contribution in [1.82, 2.24) is 15.2 Å². The molecule has 2 aliphatic rings. The first kappa shape index (κ1) is 21.6. The predicted molar refractivity (Wildman–Crippen MR) is 130 cm³/mol. The molecule has 7 heteroatoms. The lowest BCUT2D eigenvalue weighted by Crippen LogP contribution is -2.40. The van der Waals surface area contributed by atoms with Gasteiger partial charge in [-0.1, -0.05) is 37.5 Å². The number of hydrogen-bond acceptors (Lipinski definition) is 5. The summed E-state index contributed by atoms with van der Waals surface area (Å²) in [6.45, 7) is 0. The number of esters is 1. The largest absolute Gasteiger partial charge is 0.465 e. The number of aromatic nitrogens is 1. The quantitative estimate of drug-likeness (QED) is 0.401. The molecule has 0 unspecified atom stereocenters. The van der Waals surface area contributed by atoms with E-state index in [0.717, 1.165) is 35.0 Å². The van der Waals surface area contributed by atoms with E-state index in [1.165, 1.54) is 26.4 Å². The predicted octanol–water partition coefficient (Wildman–Crippen LogP) is 5.43. The molecule has 2 fully saturated rings. The van der Waals surface area contributed by atoms with Gasteiger partial charge in [0.25, 0.3) is 0 Å². The third-order valence-electron chi connectivity index (χ3n) is 6.59. The zero-order valence-corrected chi connectivity index (χ0v) is 19.4. The van der Waals surface area contributed by atoms with Crippen LogP contribution in [0.1, 0.15) is 66.0 Å². The molecule has 0 spiro atoms. The molecule has 2 atom stereocenters. The van der Waals surface area contributed by atoms with Crippen LogP contribution in [0.2, 0.25) is 0 Å². The molecular weight excluding hydrogens is 434 g/mol. The second-order valence-electron chi connectivity index (χ2n) is 8.60. The molecule has 3 heterocycles. The smallest absolute Gasteiger partial charge is 0.337 e. The van der Waals surface area contributed by atoms with E-state index < -0.39 is 0 Å². The molecule has 1 N–H and O–H groups in total. The van der Waals surface area contributed by atoms with Crippen molar-refractivity contribution < 1.29 is 13.9 Å². The summed E-state index contributed by atoms with van der Waals surface area (Å²) in [6.07, 6.45) is 7.78. The van der Waals surface area contributed by atoms with Crippen LogP contribution in [0.15, 0.2) is 65.2 Å². The van der Waals surface area contributed by atoms with Gasteiger partial charge in [0.2, 0.25) is 0 Å². The maximum absolute atomic E-state index is 12.0. The standard InChI is InChI=1S/C26H27N3O3S/c1-31-25(30)18-9-7-8-17(16-18)21-13-14-22(32-21)24-23(20-12-5-6-15-27-20)28-26(33)29(24)19-10-3-2-4-11-19/h5-9,12-16,19,23-24H,2-4,10-11H2,1H3,(H,28,33)/t23-,24+/m0/s1. The second-order valence-corrected chi connectivity index (χ2v) is 8.99. The van der Waals surface area contributed by atoms with E-state index in [4.69, 9.17) is 21.4 Å². The number of nitrogens with zero attached hydrogens (tertiary/aromatic N) is 2. The molecule has 6 nitrogen and oxygen atoms in total. The van der Waals surface area contributed by atoms with Crippen LogP contribution in [0.4, 0.5) is 0 Å². The summed E-state index contributed by atoms with van der Waals surface area (Å²) in [4.78, 5) is 18.9. The molecule has 1 aromatic carbocycles. The average Bonchev–Trinajstić information content (AvgIpc) is 3.49. The third kappa shape index (κ3) is 4.25. The van der Waals surface area contributed by atoms with Gasteiger partial charge in [-0.15, -0.1) is 0 Å². The van der Waals surface area contributed by atoms with E-state index in [1.807, 2.05) is 48.7 Å². The molecule has 5 rings (SSSR count). The minimum absolute atomic E-state index is 0.0898. The summed E-state index contributed by atoms with van der Waals surface area (Å²) >= 11 is 5.83. The van der Waals surface area contributed by atoms with Gasteiger partial charge in [0.1, 0.15) is 17.6 Å². The van der Waals surface area contributed by atoms with E-state index >= 15 is 0 Å². The van der Waals surface area contributed by atoms with Gasteiger partial charge in [-0.05, 0) is 61.5 Å². The first-order chi connectivity index (χ1) is 16.2. The monoisotopic (exact) mass is 461 g/mol. The normalized spacial score (nSPS) is 21.1. The van der Waals surface area contributed by atoms with Gasteiger partial charge in [0, 0.05) is 17.8 Å². The molecule has 0 amide bonds. The fourth-order valence-electron chi connectivity index (χ4n) is 5.01. The highest BCUT2D eigenvalue weighted by Gasteiger charge is 2.44. The van der Waals surface area contributed by atoms with Crippen LogP contribution in [-0.4, -0.2) is 34.1 Å². The molecular formula is C26H27N3O3S. The fourth-order valence-corrected chi connectivity index (χ4v) is 5.40. The zero-order valence-electron chi connectivity index (χ0n) is 18.6. The van der Waals surface area contributed by atoms with Gasteiger partial charge >= 0.3 is 5.97 Å². The summed E-state index contributed by atoms with van der Waals surface area (Å²) in [7, 11) is 1.38. The van der Waals surface area contributed by atoms with Gasteiger partial charge in [-0.3, -0.25) is 4.98 Å². The molecule has 1 saturated carbocycles. The number of pyridine rings is 1. The highest BCUT2D eigenvalue weighted by molar-refractivity contribution is 7.80. The van der Waals surface area contributed by atoms with Gasteiger partial charge in [0.05, 0.1) is 24.4 Å². The van der Waals surface area contributed by atoms with Gasteiger partial charge in [-0.2, -0.15) is 0 Å². The molecule has 33 heavy (non-hydrogen) atoms. The Bertz CT molecular complexity index is 1140. The summed E-state index contributed by atoms with van der Waals surface area (Å²) in [6, 6.07) is 17.4. The number of nitrogens with one attached hydrogen (secondary N) is 1. The SMILES string of the molecule is COC(=O)c1cccc(-c2ccc([C@@H]3[C@H](c4ccccn4)NC(=S)N3C3CCCCC3)o2)c1. The summed E-state index contributed by atoms with van der Waals surface area (Å²) in [5, 5.41) is 4.28. The summed E-state index contributed by atoms with van der Waals surface area (Å²) in [5.41, 5.74) is 2.26. The van der Waals surface area contributed by atoms with Gasteiger partial charge in [-0.25, -0.2) is 4.79 Å². The Morgan fingerprint density at radius 1 is 1.12 bits per heavy atom. The lowest BCUT2D eigenvalue weighted by molar-refractivity contribution is 0.0601. The molecule has 1 aliphatic heterocycles. The molecule has 2 aromatic heterocycles. The topological polar surface area (TPSA) is 67.6 Å². The number of benzene rings is 1. The molecule has 0 radical (unpaired) electrons. The third-order valence-corrected chi connectivity index (χ3v) is 6.92. The van der Waals surface area contributed by atoms with E-state index in [2.05, 4.69) is 15.2 Å². The maximum atomic E-state index is 12.0. The number of carbonyl (C=O) groups excluding carboxylic acids is 1. The van der Waals surface area contributed by atoms with Crippen LogP contribution in [0.5, 0.6) is 0 Å². The molecule has 1 saturated heterocycles.